The first-order valence-corrected chi connectivity index (χ1v) is 7.75. The SMILES string of the molecule is COc1cc(F)c(Br)cc1C(Cl)c1ccc2c(c1)CCO2. The minimum absolute atomic E-state index is 0.369. The fourth-order valence-corrected chi connectivity index (χ4v) is 3.13. The molecule has 0 radical (unpaired) electrons. The minimum Gasteiger partial charge on any atom is -0.496 e. The van der Waals surface area contributed by atoms with Gasteiger partial charge in [-0.05, 0) is 39.2 Å². The van der Waals surface area contributed by atoms with E-state index in [4.69, 9.17) is 21.1 Å². The Labute approximate surface area is 136 Å². The van der Waals surface area contributed by atoms with E-state index >= 15 is 0 Å². The summed E-state index contributed by atoms with van der Waals surface area (Å²) in [4.78, 5) is 0. The van der Waals surface area contributed by atoms with Gasteiger partial charge in [-0.15, -0.1) is 11.6 Å². The molecule has 21 heavy (non-hydrogen) atoms. The summed E-state index contributed by atoms with van der Waals surface area (Å²) in [6, 6.07) is 8.90. The van der Waals surface area contributed by atoms with Crippen LogP contribution in [0.15, 0.2) is 34.8 Å². The standard InChI is InChI=1S/C16H13BrClFO2/c1-20-15-8-13(19)12(17)7-11(15)16(18)10-2-3-14-9(6-10)4-5-21-14/h2-3,6-8,16H,4-5H2,1H3. The molecule has 0 aliphatic carbocycles. The molecule has 1 unspecified atom stereocenters. The summed E-state index contributed by atoms with van der Waals surface area (Å²) in [5.41, 5.74) is 2.82. The van der Waals surface area contributed by atoms with Crippen molar-refractivity contribution in [3.8, 4) is 11.5 Å². The van der Waals surface area contributed by atoms with Crippen molar-refractivity contribution in [2.75, 3.05) is 13.7 Å². The van der Waals surface area contributed by atoms with Crippen molar-refractivity contribution in [1.82, 2.24) is 0 Å². The summed E-state index contributed by atoms with van der Waals surface area (Å²) >= 11 is 9.77. The van der Waals surface area contributed by atoms with Crippen molar-refractivity contribution in [2.45, 2.75) is 11.8 Å². The lowest BCUT2D eigenvalue weighted by atomic mass is 10.0. The molecule has 0 fully saturated rings. The Balaban J connectivity index is 2.02. The number of alkyl halides is 1. The molecular weight excluding hydrogens is 359 g/mol. The molecule has 0 saturated heterocycles. The Morgan fingerprint density at radius 1 is 1.33 bits per heavy atom. The van der Waals surface area contributed by atoms with E-state index < -0.39 is 5.38 Å². The molecule has 2 aromatic rings. The number of halogens is 3. The smallest absolute Gasteiger partial charge is 0.141 e. The van der Waals surface area contributed by atoms with Crippen LogP contribution in [0.3, 0.4) is 0 Å². The molecule has 1 aliphatic rings. The molecule has 3 rings (SSSR count). The highest BCUT2D eigenvalue weighted by Crippen LogP contribution is 2.39. The normalized spacial score (nSPS) is 14.5. The van der Waals surface area contributed by atoms with E-state index in [1.807, 2.05) is 18.2 Å². The van der Waals surface area contributed by atoms with Gasteiger partial charge in [0.2, 0.25) is 0 Å². The fourth-order valence-electron chi connectivity index (χ4n) is 2.46. The molecular formula is C16H13BrClFO2. The van der Waals surface area contributed by atoms with Gasteiger partial charge in [0.25, 0.3) is 0 Å². The molecule has 0 N–H and O–H groups in total. The van der Waals surface area contributed by atoms with E-state index in [1.165, 1.54) is 13.2 Å². The van der Waals surface area contributed by atoms with Crippen LogP contribution < -0.4 is 9.47 Å². The number of hydrogen-bond acceptors (Lipinski definition) is 2. The van der Waals surface area contributed by atoms with Gasteiger partial charge in [0, 0.05) is 18.1 Å². The molecule has 0 bridgehead atoms. The van der Waals surface area contributed by atoms with Crippen LogP contribution in [0.2, 0.25) is 0 Å². The molecule has 2 aromatic carbocycles. The van der Waals surface area contributed by atoms with Crippen molar-refractivity contribution in [2.24, 2.45) is 0 Å². The van der Waals surface area contributed by atoms with Crippen LogP contribution in [0.4, 0.5) is 4.39 Å². The monoisotopic (exact) mass is 370 g/mol. The maximum Gasteiger partial charge on any atom is 0.141 e. The zero-order valence-corrected chi connectivity index (χ0v) is 13.7. The first kappa shape index (κ1) is 14.7. The maximum atomic E-state index is 13.6. The van der Waals surface area contributed by atoms with Gasteiger partial charge in [0.1, 0.15) is 17.3 Å². The Kier molecular flexibility index (Phi) is 4.09. The lowest BCUT2D eigenvalue weighted by molar-refractivity contribution is 0.357. The highest BCUT2D eigenvalue weighted by atomic mass is 79.9. The Hall–Kier alpha value is -1.26. The molecule has 1 atom stereocenters. The molecule has 0 spiro atoms. The summed E-state index contributed by atoms with van der Waals surface area (Å²) in [5, 5.41) is -0.414. The maximum absolute atomic E-state index is 13.6. The molecule has 1 heterocycles. The third kappa shape index (κ3) is 2.74. The van der Waals surface area contributed by atoms with Gasteiger partial charge in [-0.25, -0.2) is 4.39 Å². The van der Waals surface area contributed by atoms with Gasteiger partial charge < -0.3 is 9.47 Å². The molecule has 0 amide bonds. The number of ether oxygens (including phenoxy) is 2. The number of methoxy groups -OCH3 is 1. The van der Waals surface area contributed by atoms with E-state index in [-0.39, 0.29) is 5.82 Å². The topological polar surface area (TPSA) is 18.5 Å². The molecule has 5 heteroatoms. The third-order valence-electron chi connectivity index (χ3n) is 3.55. The van der Waals surface area contributed by atoms with E-state index in [1.54, 1.807) is 6.07 Å². The number of hydrogen-bond donors (Lipinski definition) is 0. The largest absolute Gasteiger partial charge is 0.496 e. The van der Waals surface area contributed by atoms with Crippen LogP contribution in [-0.2, 0) is 6.42 Å². The summed E-state index contributed by atoms with van der Waals surface area (Å²) in [6.45, 7) is 0.706. The molecule has 2 nitrogen and oxygen atoms in total. The lowest BCUT2D eigenvalue weighted by Crippen LogP contribution is -1.99. The van der Waals surface area contributed by atoms with Gasteiger partial charge >= 0.3 is 0 Å². The molecule has 0 aromatic heterocycles. The number of rotatable bonds is 3. The van der Waals surface area contributed by atoms with Crippen molar-refractivity contribution in [3.63, 3.8) is 0 Å². The van der Waals surface area contributed by atoms with Crippen LogP contribution in [0.5, 0.6) is 11.5 Å². The fraction of sp³-hybridized carbons (Fsp3) is 0.250. The first-order valence-electron chi connectivity index (χ1n) is 6.52. The molecule has 0 saturated carbocycles. The van der Waals surface area contributed by atoms with Gasteiger partial charge in [-0.3, -0.25) is 0 Å². The van der Waals surface area contributed by atoms with Crippen molar-refractivity contribution in [3.05, 3.63) is 57.3 Å². The zero-order chi connectivity index (χ0) is 15.0. The van der Waals surface area contributed by atoms with E-state index in [0.29, 0.717) is 16.8 Å². The third-order valence-corrected chi connectivity index (χ3v) is 4.65. The average molecular weight is 372 g/mol. The predicted octanol–water partition coefficient (Wildman–Crippen LogP) is 4.86. The summed E-state index contributed by atoms with van der Waals surface area (Å²) in [7, 11) is 1.51. The highest BCUT2D eigenvalue weighted by Gasteiger charge is 2.21. The number of benzene rings is 2. The first-order chi connectivity index (χ1) is 10.1. The Morgan fingerprint density at radius 3 is 2.90 bits per heavy atom. The van der Waals surface area contributed by atoms with Crippen LogP contribution in [0.25, 0.3) is 0 Å². The van der Waals surface area contributed by atoms with Crippen LogP contribution in [0, 0.1) is 5.82 Å². The number of fused-ring (bicyclic) bond motifs is 1. The Morgan fingerprint density at radius 2 is 2.14 bits per heavy atom. The van der Waals surface area contributed by atoms with Gasteiger partial charge in [0.15, 0.2) is 0 Å². The second-order valence-electron chi connectivity index (χ2n) is 4.84. The second-order valence-corrected chi connectivity index (χ2v) is 6.13. The van der Waals surface area contributed by atoms with Crippen molar-refractivity contribution >= 4 is 27.5 Å². The van der Waals surface area contributed by atoms with Crippen molar-refractivity contribution in [1.29, 1.82) is 0 Å². The predicted molar refractivity (Wildman–Crippen MR) is 84.0 cm³/mol. The zero-order valence-electron chi connectivity index (χ0n) is 11.3. The highest BCUT2D eigenvalue weighted by molar-refractivity contribution is 9.10. The van der Waals surface area contributed by atoms with Gasteiger partial charge in [-0.1, -0.05) is 12.1 Å². The van der Waals surface area contributed by atoms with Gasteiger partial charge in [0.05, 0.1) is 23.6 Å². The van der Waals surface area contributed by atoms with Gasteiger partial charge in [-0.2, -0.15) is 0 Å². The van der Waals surface area contributed by atoms with E-state index in [9.17, 15) is 4.39 Å². The van der Waals surface area contributed by atoms with E-state index in [2.05, 4.69) is 15.9 Å². The van der Waals surface area contributed by atoms with Crippen molar-refractivity contribution < 1.29 is 13.9 Å². The average Bonchev–Trinajstić information content (AvgIpc) is 2.96. The van der Waals surface area contributed by atoms with Crippen LogP contribution in [-0.4, -0.2) is 13.7 Å². The summed E-state index contributed by atoms with van der Waals surface area (Å²) < 4.78 is 24.7. The Bertz CT molecular complexity index is 690. The summed E-state index contributed by atoms with van der Waals surface area (Å²) in [5.74, 6) is 0.976. The minimum atomic E-state index is -0.414. The van der Waals surface area contributed by atoms with Crippen LogP contribution >= 0.6 is 27.5 Å². The quantitative estimate of drug-likeness (QED) is 0.717. The summed E-state index contributed by atoms with van der Waals surface area (Å²) in [6.07, 6.45) is 0.886. The molecule has 110 valence electrons. The second kappa shape index (κ2) is 5.85. The molecule has 1 aliphatic heterocycles. The van der Waals surface area contributed by atoms with Crippen LogP contribution in [0.1, 0.15) is 22.1 Å². The van der Waals surface area contributed by atoms with E-state index in [0.717, 1.165) is 28.9 Å². The lowest BCUT2D eigenvalue weighted by Gasteiger charge is -2.16.